The summed E-state index contributed by atoms with van der Waals surface area (Å²) in [6, 6.07) is 10.7. The SMILES string of the molecule is CC(C)c1cc(-c2onc(C(N)=O)c2-c2ccc(CN3CCOCC3)cc2)c(O)cc1O. The second-order valence-corrected chi connectivity index (χ2v) is 8.27. The Morgan fingerprint density at radius 2 is 1.81 bits per heavy atom. The molecule has 4 rings (SSSR count). The molecule has 1 saturated heterocycles. The first kappa shape index (κ1) is 21.9. The van der Waals surface area contributed by atoms with Crippen molar-refractivity contribution in [3.05, 3.63) is 53.2 Å². The van der Waals surface area contributed by atoms with Crippen LogP contribution in [0.5, 0.6) is 11.5 Å². The van der Waals surface area contributed by atoms with Gasteiger partial charge in [-0.25, -0.2) is 0 Å². The van der Waals surface area contributed by atoms with Gasteiger partial charge in [0.15, 0.2) is 11.5 Å². The first-order valence-corrected chi connectivity index (χ1v) is 10.6. The number of nitrogens with zero attached hydrogens (tertiary/aromatic N) is 2. The van der Waals surface area contributed by atoms with E-state index in [-0.39, 0.29) is 28.9 Å². The molecule has 8 heteroatoms. The normalized spacial score (nSPS) is 14.7. The van der Waals surface area contributed by atoms with Crippen LogP contribution in [0.3, 0.4) is 0 Å². The van der Waals surface area contributed by atoms with E-state index in [9.17, 15) is 15.0 Å². The first-order valence-electron chi connectivity index (χ1n) is 10.6. The van der Waals surface area contributed by atoms with Gasteiger partial charge in [-0.05, 0) is 28.7 Å². The molecule has 0 unspecified atom stereocenters. The van der Waals surface area contributed by atoms with Crippen LogP contribution in [0.2, 0.25) is 0 Å². The third-order valence-corrected chi connectivity index (χ3v) is 5.69. The molecule has 3 aromatic rings. The van der Waals surface area contributed by atoms with Gasteiger partial charge in [0.1, 0.15) is 11.5 Å². The van der Waals surface area contributed by atoms with Crippen LogP contribution in [0.1, 0.15) is 41.4 Å². The Kier molecular flexibility index (Phi) is 6.16. The van der Waals surface area contributed by atoms with E-state index in [1.165, 1.54) is 6.07 Å². The minimum atomic E-state index is -0.727. The molecular formula is C24H27N3O5. The molecule has 2 aromatic carbocycles. The number of ether oxygens (including phenoxy) is 1. The third kappa shape index (κ3) is 4.32. The fourth-order valence-electron chi connectivity index (χ4n) is 3.94. The summed E-state index contributed by atoms with van der Waals surface area (Å²) in [5.41, 5.74) is 8.74. The number of phenols is 2. The Balaban J connectivity index is 1.74. The number of carbonyl (C=O) groups is 1. The Morgan fingerprint density at radius 3 is 2.44 bits per heavy atom. The highest BCUT2D eigenvalue weighted by atomic mass is 16.5. The predicted octanol–water partition coefficient (Wildman–Crippen LogP) is 3.47. The zero-order valence-electron chi connectivity index (χ0n) is 18.2. The topological polar surface area (TPSA) is 122 Å². The predicted molar refractivity (Wildman–Crippen MR) is 119 cm³/mol. The minimum absolute atomic E-state index is 0.00935. The fourth-order valence-corrected chi connectivity index (χ4v) is 3.94. The lowest BCUT2D eigenvalue weighted by atomic mass is 9.94. The summed E-state index contributed by atoms with van der Waals surface area (Å²) in [5, 5.41) is 24.6. The number of aromatic hydroxyl groups is 2. The molecule has 0 spiro atoms. The zero-order chi connectivity index (χ0) is 22.8. The van der Waals surface area contributed by atoms with Crippen LogP contribution in [-0.4, -0.2) is 52.5 Å². The van der Waals surface area contributed by atoms with Crippen LogP contribution < -0.4 is 5.73 Å². The molecule has 0 aliphatic carbocycles. The van der Waals surface area contributed by atoms with Crippen molar-refractivity contribution in [2.45, 2.75) is 26.3 Å². The number of amides is 1. The zero-order valence-corrected chi connectivity index (χ0v) is 18.2. The van der Waals surface area contributed by atoms with Crippen molar-refractivity contribution >= 4 is 5.91 Å². The summed E-state index contributed by atoms with van der Waals surface area (Å²) >= 11 is 0. The Morgan fingerprint density at radius 1 is 1.12 bits per heavy atom. The number of hydrogen-bond donors (Lipinski definition) is 3. The molecule has 0 saturated carbocycles. The highest BCUT2D eigenvalue weighted by molar-refractivity contribution is 6.01. The number of rotatable bonds is 6. The van der Waals surface area contributed by atoms with Crippen molar-refractivity contribution in [2.24, 2.45) is 5.73 Å². The molecule has 1 aromatic heterocycles. The second kappa shape index (κ2) is 9.02. The van der Waals surface area contributed by atoms with Crippen molar-refractivity contribution in [3.63, 3.8) is 0 Å². The maximum absolute atomic E-state index is 12.1. The standard InChI is InChI=1S/C24H27N3O5/c1-14(2)17-11-18(20(29)12-19(17)28)23-21(22(24(25)30)26-32-23)16-5-3-15(4-6-16)13-27-7-9-31-10-8-27/h3-6,11-12,14,28-29H,7-10,13H2,1-2H3,(H2,25,30). The first-order chi connectivity index (χ1) is 15.3. The van der Waals surface area contributed by atoms with Gasteiger partial charge in [-0.2, -0.15) is 0 Å². The van der Waals surface area contributed by atoms with Crippen LogP contribution in [0.4, 0.5) is 0 Å². The van der Waals surface area contributed by atoms with Gasteiger partial charge >= 0.3 is 0 Å². The molecule has 0 radical (unpaired) electrons. The van der Waals surface area contributed by atoms with Gasteiger partial charge in [-0.15, -0.1) is 0 Å². The third-order valence-electron chi connectivity index (χ3n) is 5.69. The molecule has 1 amide bonds. The smallest absolute Gasteiger partial charge is 0.271 e. The van der Waals surface area contributed by atoms with Gasteiger partial charge in [0, 0.05) is 25.7 Å². The number of carbonyl (C=O) groups excluding carboxylic acids is 1. The van der Waals surface area contributed by atoms with E-state index in [2.05, 4.69) is 10.1 Å². The van der Waals surface area contributed by atoms with Gasteiger partial charge in [0.2, 0.25) is 0 Å². The molecule has 1 fully saturated rings. The molecule has 0 bridgehead atoms. The summed E-state index contributed by atoms with van der Waals surface area (Å²) < 4.78 is 10.9. The summed E-state index contributed by atoms with van der Waals surface area (Å²) in [7, 11) is 0. The van der Waals surface area contributed by atoms with E-state index >= 15 is 0 Å². The lowest BCUT2D eigenvalue weighted by Crippen LogP contribution is -2.35. The lowest BCUT2D eigenvalue weighted by molar-refractivity contribution is 0.0342. The summed E-state index contributed by atoms with van der Waals surface area (Å²) in [6.07, 6.45) is 0. The average molecular weight is 437 g/mol. The number of benzene rings is 2. The van der Waals surface area contributed by atoms with E-state index in [1.807, 2.05) is 38.1 Å². The van der Waals surface area contributed by atoms with E-state index in [0.717, 1.165) is 38.4 Å². The quantitative estimate of drug-likeness (QED) is 0.540. The van der Waals surface area contributed by atoms with Crippen molar-refractivity contribution in [2.75, 3.05) is 26.3 Å². The van der Waals surface area contributed by atoms with Gasteiger partial charge in [0.25, 0.3) is 5.91 Å². The van der Waals surface area contributed by atoms with E-state index in [1.54, 1.807) is 6.07 Å². The number of primary amides is 1. The van der Waals surface area contributed by atoms with Crippen LogP contribution in [-0.2, 0) is 11.3 Å². The number of phenolic OH excluding ortho intramolecular Hbond substituents is 2. The number of nitrogens with two attached hydrogens (primary N) is 1. The number of hydrogen-bond acceptors (Lipinski definition) is 7. The Bertz CT molecular complexity index is 1120. The molecule has 32 heavy (non-hydrogen) atoms. The monoisotopic (exact) mass is 437 g/mol. The maximum Gasteiger partial charge on any atom is 0.271 e. The maximum atomic E-state index is 12.1. The van der Waals surface area contributed by atoms with Crippen LogP contribution in [0, 0.1) is 0 Å². The lowest BCUT2D eigenvalue weighted by Gasteiger charge is -2.26. The van der Waals surface area contributed by atoms with Gasteiger partial charge in [0.05, 0.1) is 24.3 Å². The van der Waals surface area contributed by atoms with Gasteiger partial charge in [-0.3, -0.25) is 9.69 Å². The van der Waals surface area contributed by atoms with Gasteiger partial charge in [-0.1, -0.05) is 43.3 Å². The van der Waals surface area contributed by atoms with Crippen LogP contribution in [0.15, 0.2) is 40.9 Å². The Labute approximate surface area is 186 Å². The summed E-state index contributed by atoms with van der Waals surface area (Å²) in [5.74, 6) is -0.682. The van der Waals surface area contributed by atoms with Crippen LogP contribution in [0.25, 0.3) is 22.5 Å². The minimum Gasteiger partial charge on any atom is -0.508 e. The van der Waals surface area contributed by atoms with Crippen molar-refractivity contribution < 1.29 is 24.3 Å². The molecule has 4 N–H and O–H groups in total. The summed E-state index contributed by atoms with van der Waals surface area (Å²) in [4.78, 5) is 14.4. The highest BCUT2D eigenvalue weighted by Gasteiger charge is 2.26. The highest BCUT2D eigenvalue weighted by Crippen LogP contribution is 2.43. The Hall–Kier alpha value is -3.36. The largest absolute Gasteiger partial charge is 0.508 e. The average Bonchev–Trinajstić information content (AvgIpc) is 3.20. The fraction of sp³-hybridized carbons (Fsp3) is 0.333. The van der Waals surface area contributed by atoms with E-state index < -0.39 is 5.91 Å². The number of morpholine rings is 1. The molecule has 8 nitrogen and oxygen atoms in total. The van der Waals surface area contributed by atoms with Crippen molar-refractivity contribution in [1.82, 2.24) is 10.1 Å². The second-order valence-electron chi connectivity index (χ2n) is 8.27. The molecule has 168 valence electrons. The summed E-state index contributed by atoms with van der Waals surface area (Å²) in [6.45, 7) is 7.91. The molecule has 1 aliphatic rings. The van der Waals surface area contributed by atoms with Crippen molar-refractivity contribution in [3.8, 4) is 33.9 Å². The van der Waals surface area contributed by atoms with Crippen LogP contribution >= 0.6 is 0 Å². The molecular weight excluding hydrogens is 410 g/mol. The van der Waals surface area contributed by atoms with Crippen molar-refractivity contribution in [1.29, 1.82) is 0 Å². The van der Waals surface area contributed by atoms with E-state index in [0.29, 0.717) is 22.3 Å². The molecule has 2 heterocycles. The molecule has 0 atom stereocenters. The van der Waals surface area contributed by atoms with E-state index in [4.69, 9.17) is 15.0 Å². The number of aromatic nitrogens is 1. The molecule has 1 aliphatic heterocycles. The van der Waals surface area contributed by atoms with Gasteiger partial charge < -0.3 is 25.2 Å².